The van der Waals surface area contributed by atoms with Crippen LogP contribution in [0.3, 0.4) is 0 Å². The van der Waals surface area contributed by atoms with Crippen molar-refractivity contribution in [1.29, 1.82) is 0 Å². The number of rotatable bonds is 5. The number of carbonyl (C=O) groups excluding carboxylic acids is 1. The van der Waals surface area contributed by atoms with Gasteiger partial charge in [-0.25, -0.2) is 23.5 Å². The largest absolute Gasteiger partial charge is 0.462 e. The molecule has 1 aromatic heterocycles. The molecule has 5 nitrogen and oxygen atoms in total. The Morgan fingerprint density at radius 1 is 1.25 bits per heavy atom. The van der Waals surface area contributed by atoms with Crippen molar-refractivity contribution >= 4 is 11.9 Å². The summed E-state index contributed by atoms with van der Waals surface area (Å²) in [7, 11) is 0. The second-order valence-electron chi connectivity index (χ2n) is 5.71. The van der Waals surface area contributed by atoms with Crippen molar-refractivity contribution in [2.24, 2.45) is 0 Å². The molecule has 24 heavy (non-hydrogen) atoms. The van der Waals surface area contributed by atoms with E-state index in [1.165, 1.54) is 18.5 Å². The van der Waals surface area contributed by atoms with Gasteiger partial charge in [-0.05, 0) is 43.9 Å². The van der Waals surface area contributed by atoms with Crippen molar-refractivity contribution in [2.75, 3.05) is 11.9 Å². The Labute approximate surface area is 138 Å². The second-order valence-corrected chi connectivity index (χ2v) is 5.71. The highest BCUT2D eigenvalue weighted by Crippen LogP contribution is 2.43. The summed E-state index contributed by atoms with van der Waals surface area (Å²) in [5, 5.41) is 3.19. The number of hydrogen-bond donors (Lipinski definition) is 1. The SMILES string of the molecule is CCOC(=O)c1cnc(NC2(c3ccc(F)c(F)c3)CCC2)nc1. The highest BCUT2D eigenvalue weighted by atomic mass is 19.2. The van der Waals surface area contributed by atoms with Gasteiger partial charge in [-0.2, -0.15) is 0 Å². The van der Waals surface area contributed by atoms with Gasteiger partial charge in [0.1, 0.15) is 0 Å². The molecule has 1 aromatic carbocycles. The van der Waals surface area contributed by atoms with E-state index in [-0.39, 0.29) is 12.2 Å². The predicted octanol–water partition coefficient (Wildman–Crippen LogP) is 3.42. The fraction of sp³-hybridized carbons (Fsp3) is 0.353. The Hall–Kier alpha value is -2.57. The molecule has 0 aliphatic heterocycles. The minimum atomic E-state index is -0.876. The maximum Gasteiger partial charge on any atom is 0.341 e. The third-order valence-electron chi connectivity index (χ3n) is 4.19. The number of hydrogen-bond acceptors (Lipinski definition) is 5. The lowest BCUT2D eigenvalue weighted by atomic mass is 9.72. The van der Waals surface area contributed by atoms with Gasteiger partial charge in [0.05, 0.1) is 17.7 Å². The van der Waals surface area contributed by atoms with Crippen molar-refractivity contribution in [3.8, 4) is 0 Å². The zero-order valence-electron chi connectivity index (χ0n) is 13.2. The molecule has 1 heterocycles. The molecule has 0 unspecified atom stereocenters. The van der Waals surface area contributed by atoms with Gasteiger partial charge in [0.2, 0.25) is 5.95 Å². The first-order valence-electron chi connectivity index (χ1n) is 7.77. The van der Waals surface area contributed by atoms with Crippen LogP contribution in [0, 0.1) is 11.6 Å². The van der Waals surface area contributed by atoms with Gasteiger partial charge in [-0.1, -0.05) is 6.07 Å². The van der Waals surface area contributed by atoms with Crippen LogP contribution in [-0.4, -0.2) is 22.5 Å². The minimum absolute atomic E-state index is 0.262. The van der Waals surface area contributed by atoms with Gasteiger partial charge in [0.25, 0.3) is 0 Å². The number of ether oxygens (including phenoxy) is 1. The summed E-state index contributed by atoms with van der Waals surface area (Å²) in [4.78, 5) is 19.8. The number of carbonyl (C=O) groups is 1. The first kappa shape index (κ1) is 16.3. The number of aromatic nitrogens is 2. The monoisotopic (exact) mass is 333 g/mol. The lowest BCUT2D eigenvalue weighted by Gasteiger charge is -2.43. The average Bonchev–Trinajstić information content (AvgIpc) is 2.54. The van der Waals surface area contributed by atoms with Crippen LogP contribution in [0.15, 0.2) is 30.6 Å². The van der Waals surface area contributed by atoms with Crippen LogP contribution in [0.25, 0.3) is 0 Å². The molecular formula is C17H17F2N3O2. The first-order chi connectivity index (χ1) is 11.5. The average molecular weight is 333 g/mol. The van der Waals surface area contributed by atoms with Crippen molar-refractivity contribution in [1.82, 2.24) is 9.97 Å². The van der Waals surface area contributed by atoms with E-state index in [4.69, 9.17) is 4.74 Å². The van der Waals surface area contributed by atoms with Crippen molar-refractivity contribution < 1.29 is 18.3 Å². The fourth-order valence-corrected chi connectivity index (χ4v) is 2.74. The molecule has 0 atom stereocenters. The van der Waals surface area contributed by atoms with E-state index >= 15 is 0 Å². The lowest BCUT2D eigenvalue weighted by molar-refractivity contribution is 0.0525. The van der Waals surface area contributed by atoms with E-state index in [1.807, 2.05) is 0 Å². The number of esters is 1. The van der Waals surface area contributed by atoms with Crippen LogP contribution in [0.4, 0.5) is 14.7 Å². The van der Waals surface area contributed by atoms with Gasteiger partial charge in [0.15, 0.2) is 11.6 Å². The Kier molecular flexibility index (Phi) is 4.42. The van der Waals surface area contributed by atoms with Gasteiger partial charge in [-0.15, -0.1) is 0 Å². The Balaban J connectivity index is 1.80. The molecule has 1 N–H and O–H groups in total. The third-order valence-corrected chi connectivity index (χ3v) is 4.19. The maximum absolute atomic E-state index is 13.5. The molecule has 0 bridgehead atoms. The minimum Gasteiger partial charge on any atom is -0.462 e. The molecule has 0 radical (unpaired) electrons. The van der Waals surface area contributed by atoms with Crippen LogP contribution < -0.4 is 5.32 Å². The Morgan fingerprint density at radius 2 is 1.96 bits per heavy atom. The molecule has 1 aliphatic rings. The van der Waals surface area contributed by atoms with Gasteiger partial charge >= 0.3 is 5.97 Å². The second kappa shape index (κ2) is 6.51. The van der Waals surface area contributed by atoms with Crippen molar-refractivity contribution in [2.45, 2.75) is 31.7 Å². The molecule has 1 aliphatic carbocycles. The number of benzene rings is 1. The normalized spacial score (nSPS) is 15.5. The summed E-state index contributed by atoms with van der Waals surface area (Å²) < 4.78 is 31.6. The van der Waals surface area contributed by atoms with Crippen LogP contribution in [-0.2, 0) is 10.3 Å². The highest BCUT2D eigenvalue weighted by Gasteiger charge is 2.39. The van der Waals surface area contributed by atoms with Crippen LogP contribution in [0.5, 0.6) is 0 Å². The molecular weight excluding hydrogens is 316 g/mol. The third kappa shape index (κ3) is 3.06. The summed E-state index contributed by atoms with van der Waals surface area (Å²) in [5.41, 5.74) is 0.406. The Morgan fingerprint density at radius 3 is 2.50 bits per heavy atom. The summed E-state index contributed by atoms with van der Waals surface area (Å²) in [6.45, 7) is 1.99. The molecule has 0 spiro atoms. The summed E-state index contributed by atoms with van der Waals surface area (Å²) >= 11 is 0. The summed E-state index contributed by atoms with van der Waals surface area (Å²) in [6.07, 6.45) is 5.25. The molecule has 0 saturated heterocycles. The summed E-state index contributed by atoms with van der Waals surface area (Å²) in [5.74, 6) is -1.90. The number of nitrogens with one attached hydrogen (secondary N) is 1. The van der Waals surface area contributed by atoms with Crippen molar-refractivity contribution in [3.63, 3.8) is 0 Å². The molecule has 126 valence electrons. The zero-order valence-corrected chi connectivity index (χ0v) is 13.2. The Bertz CT molecular complexity index is 746. The lowest BCUT2D eigenvalue weighted by Crippen LogP contribution is -2.42. The standard InChI is InChI=1S/C17H17F2N3O2/c1-2-24-15(23)11-9-20-16(21-10-11)22-17(6-3-7-17)12-4-5-13(18)14(19)8-12/h4-5,8-10H,2-3,6-7H2,1H3,(H,20,21,22). The first-order valence-corrected chi connectivity index (χ1v) is 7.77. The van der Waals surface area contributed by atoms with Crippen LogP contribution in [0.2, 0.25) is 0 Å². The number of nitrogens with zero attached hydrogens (tertiary/aromatic N) is 2. The molecule has 1 saturated carbocycles. The van der Waals surface area contributed by atoms with Crippen molar-refractivity contribution in [3.05, 3.63) is 53.4 Å². The molecule has 7 heteroatoms. The van der Waals surface area contributed by atoms with E-state index in [2.05, 4.69) is 15.3 Å². The fourth-order valence-electron chi connectivity index (χ4n) is 2.74. The van der Waals surface area contributed by atoms with Gasteiger partial charge < -0.3 is 10.1 Å². The maximum atomic E-state index is 13.5. The smallest absolute Gasteiger partial charge is 0.341 e. The number of anilines is 1. The molecule has 1 fully saturated rings. The van der Waals surface area contributed by atoms with Gasteiger partial charge in [-0.3, -0.25) is 0 Å². The van der Waals surface area contributed by atoms with E-state index in [1.54, 1.807) is 13.0 Å². The molecule has 3 rings (SSSR count). The van der Waals surface area contributed by atoms with E-state index in [0.29, 0.717) is 11.5 Å². The van der Waals surface area contributed by atoms with E-state index < -0.39 is 23.1 Å². The quantitative estimate of drug-likeness (QED) is 0.850. The van der Waals surface area contributed by atoms with Gasteiger partial charge in [0, 0.05) is 12.4 Å². The topological polar surface area (TPSA) is 64.1 Å². The molecule has 0 amide bonds. The predicted molar refractivity (Wildman–Crippen MR) is 83.5 cm³/mol. The highest BCUT2D eigenvalue weighted by molar-refractivity contribution is 5.88. The molecule has 2 aromatic rings. The zero-order chi connectivity index (χ0) is 17.2. The van der Waals surface area contributed by atoms with E-state index in [0.717, 1.165) is 25.3 Å². The van der Waals surface area contributed by atoms with E-state index in [9.17, 15) is 13.6 Å². The van der Waals surface area contributed by atoms with Crippen LogP contribution in [0.1, 0.15) is 42.1 Å². The van der Waals surface area contributed by atoms with Crippen LogP contribution >= 0.6 is 0 Å². The summed E-state index contributed by atoms with van der Waals surface area (Å²) in [6, 6.07) is 3.89. The number of halogens is 2.